The topological polar surface area (TPSA) is 65.0 Å². The van der Waals surface area contributed by atoms with E-state index in [2.05, 4.69) is 4.74 Å². The molecule has 0 aromatic heterocycles. The number of ether oxygens (including phenoxy) is 3. The van der Waals surface area contributed by atoms with Crippen molar-refractivity contribution in [2.45, 2.75) is 12.5 Å². The second-order valence-electron chi connectivity index (χ2n) is 2.50. The van der Waals surface area contributed by atoms with Crippen LogP contribution in [0.1, 0.15) is 6.42 Å². The van der Waals surface area contributed by atoms with E-state index in [-0.39, 0.29) is 6.61 Å². The molecule has 0 bridgehead atoms. The lowest BCUT2D eigenvalue weighted by molar-refractivity contribution is -0.154. The van der Waals surface area contributed by atoms with Crippen molar-refractivity contribution in [2.24, 2.45) is 0 Å². The molecule has 13 heavy (non-hydrogen) atoms. The van der Waals surface area contributed by atoms with E-state index in [0.717, 1.165) is 0 Å². The lowest BCUT2D eigenvalue weighted by atomic mass is 10.4. The molecule has 0 aromatic carbocycles. The number of carboxylic acids is 1. The summed E-state index contributed by atoms with van der Waals surface area (Å²) in [5.41, 5.74) is 0. The predicted octanol–water partition coefficient (Wildman–Crippen LogP) is 0.139. The molecule has 78 valence electrons. The highest BCUT2D eigenvalue weighted by Gasteiger charge is 2.16. The lowest BCUT2D eigenvalue weighted by Gasteiger charge is -2.11. The van der Waals surface area contributed by atoms with Crippen LogP contribution in [0.4, 0.5) is 0 Å². The maximum Gasteiger partial charge on any atom is 0.335 e. The van der Waals surface area contributed by atoms with Gasteiger partial charge in [-0.05, 0) is 6.42 Å². The molecule has 0 aliphatic heterocycles. The standard InChI is InChI=1S/C8H16O5/c1-11-4-3-5-13-7(6-12-2)8(9)10/h7H,3-6H2,1-2H3,(H,9,10). The highest BCUT2D eigenvalue weighted by Crippen LogP contribution is 1.95. The second-order valence-corrected chi connectivity index (χ2v) is 2.50. The van der Waals surface area contributed by atoms with Crippen LogP contribution in [0.2, 0.25) is 0 Å². The second kappa shape index (κ2) is 7.97. The molecule has 0 rings (SSSR count). The minimum Gasteiger partial charge on any atom is -0.479 e. The maximum absolute atomic E-state index is 10.5. The Labute approximate surface area is 77.6 Å². The third kappa shape index (κ3) is 6.51. The van der Waals surface area contributed by atoms with Crippen LogP contribution < -0.4 is 0 Å². The van der Waals surface area contributed by atoms with Crippen molar-refractivity contribution in [3.8, 4) is 0 Å². The lowest BCUT2D eigenvalue weighted by Crippen LogP contribution is -2.29. The summed E-state index contributed by atoms with van der Waals surface area (Å²) in [4.78, 5) is 10.5. The Kier molecular flexibility index (Phi) is 7.57. The van der Waals surface area contributed by atoms with Crippen LogP contribution in [0.15, 0.2) is 0 Å². The monoisotopic (exact) mass is 192 g/mol. The van der Waals surface area contributed by atoms with Crippen LogP contribution in [0.3, 0.4) is 0 Å². The van der Waals surface area contributed by atoms with Crippen molar-refractivity contribution in [1.82, 2.24) is 0 Å². The van der Waals surface area contributed by atoms with Crippen LogP contribution in [0.5, 0.6) is 0 Å². The summed E-state index contributed by atoms with van der Waals surface area (Å²) in [6, 6.07) is 0. The van der Waals surface area contributed by atoms with Gasteiger partial charge in [0.05, 0.1) is 13.2 Å². The first kappa shape index (κ1) is 12.3. The third-order valence-corrected chi connectivity index (χ3v) is 1.41. The molecule has 0 saturated heterocycles. The molecular weight excluding hydrogens is 176 g/mol. The van der Waals surface area contributed by atoms with Crippen molar-refractivity contribution < 1.29 is 24.1 Å². The molecule has 0 saturated carbocycles. The van der Waals surface area contributed by atoms with Crippen molar-refractivity contribution in [1.29, 1.82) is 0 Å². The van der Waals surface area contributed by atoms with Crippen LogP contribution in [-0.2, 0) is 19.0 Å². The van der Waals surface area contributed by atoms with Gasteiger partial charge in [-0.15, -0.1) is 0 Å². The van der Waals surface area contributed by atoms with E-state index in [1.54, 1.807) is 7.11 Å². The van der Waals surface area contributed by atoms with Gasteiger partial charge in [0.1, 0.15) is 0 Å². The quantitative estimate of drug-likeness (QED) is 0.554. The number of carboxylic acid groups (broad SMARTS) is 1. The summed E-state index contributed by atoms with van der Waals surface area (Å²) in [6.07, 6.45) is -0.189. The fraction of sp³-hybridized carbons (Fsp3) is 0.875. The zero-order valence-electron chi connectivity index (χ0n) is 7.99. The van der Waals surface area contributed by atoms with Crippen LogP contribution in [0.25, 0.3) is 0 Å². The zero-order valence-corrected chi connectivity index (χ0v) is 7.99. The number of carbonyl (C=O) groups is 1. The number of aliphatic carboxylic acids is 1. The van der Waals surface area contributed by atoms with Gasteiger partial charge >= 0.3 is 5.97 Å². The van der Waals surface area contributed by atoms with Crippen molar-refractivity contribution in [3.63, 3.8) is 0 Å². The highest BCUT2D eigenvalue weighted by molar-refractivity contribution is 5.72. The van der Waals surface area contributed by atoms with Crippen molar-refractivity contribution in [2.75, 3.05) is 34.0 Å². The van der Waals surface area contributed by atoms with Crippen molar-refractivity contribution in [3.05, 3.63) is 0 Å². The van der Waals surface area contributed by atoms with Gasteiger partial charge in [-0.3, -0.25) is 0 Å². The Hall–Kier alpha value is -0.650. The molecule has 0 spiro atoms. The smallest absolute Gasteiger partial charge is 0.335 e. The Bertz CT molecular complexity index is 136. The Morgan fingerprint density at radius 3 is 2.46 bits per heavy atom. The average molecular weight is 192 g/mol. The predicted molar refractivity (Wildman–Crippen MR) is 45.7 cm³/mol. The van der Waals surface area contributed by atoms with Crippen molar-refractivity contribution >= 4 is 5.97 Å². The number of hydrogen-bond acceptors (Lipinski definition) is 4. The Morgan fingerprint density at radius 2 is 2.00 bits per heavy atom. The number of hydrogen-bond donors (Lipinski definition) is 1. The van der Waals surface area contributed by atoms with Gasteiger partial charge in [-0.2, -0.15) is 0 Å². The van der Waals surface area contributed by atoms with Gasteiger partial charge in [0.15, 0.2) is 6.10 Å². The largest absolute Gasteiger partial charge is 0.479 e. The molecular formula is C8H16O5. The summed E-state index contributed by atoms with van der Waals surface area (Å²) >= 11 is 0. The molecule has 0 aromatic rings. The minimum atomic E-state index is -1.00. The average Bonchev–Trinajstić information content (AvgIpc) is 2.10. The summed E-state index contributed by atoms with van der Waals surface area (Å²) < 4.78 is 14.5. The summed E-state index contributed by atoms with van der Waals surface area (Å²) in [5.74, 6) is -1.00. The Morgan fingerprint density at radius 1 is 1.31 bits per heavy atom. The SMILES string of the molecule is COCCCOC(COC)C(=O)O. The first-order valence-corrected chi connectivity index (χ1v) is 4.04. The number of methoxy groups -OCH3 is 2. The zero-order chi connectivity index (χ0) is 10.1. The van der Waals surface area contributed by atoms with Crippen LogP contribution >= 0.6 is 0 Å². The molecule has 5 nitrogen and oxygen atoms in total. The van der Waals surface area contributed by atoms with Gasteiger partial charge in [-0.25, -0.2) is 4.79 Å². The third-order valence-electron chi connectivity index (χ3n) is 1.41. The van der Waals surface area contributed by atoms with Gasteiger partial charge in [0, 0.05) is 20.8 Å². The molecule has 0 amide bonds. The first-order valence-electron chi connectivity index (χ1n) is 4.04. The van der Waals surface area contributed by atoms with E-state index in [4.69, 9.17) is 14.6 Å². The normalized spacial score (nSPS) is 12.8. The van der Waals surface area contributed by atoms with E-state index < -0.39 is 12.1 Å². The van der Waals surface area contributed by atoms with Gasteiger partial charge in [-0.1, -0.05) is 0 Å². The summed E-state index contributed by atoms with van der Waals surface area (Å²) in [7, 11) is 3.03. The number of rotatable bonds is 8. The molecule has 1 unspecified atom stereocenters. The van der Waals surface area contributed by atoms with Crippen LogP contribution in [-0.4, -0.2) is 51.2 Å². The molecule has 5 heteroatoms. The molecule has 0 heterocycles. The van der Waals surface area contributed by atoms with E-state index in [9.17, 15) is 4.79 Å². The van der Waals surface area contributed by atoms with Crippen LogP contribution in [0, 0.1) is 0 Å². The highest BCUT2D eigenvalue weighted by atomic mass is 16.5. The fourth-order valence-corrected chi connectivity index (χ4v) is 0.771. The van der Waals surface area contributed by atoms with Gasteiger partial charge in [0.2, 0.25) is 0 Å². The first-order chi connectivity index (χ1) is 6.22. The summed E-state index contributed by atoms with van der Waals surface area (Å²) in [5, 5.41) is 8.62. The molecule has 1 atom stereocenters. The Balaban J connectivity index is 3.51. The van der Waals surface area contributed by atoms with E-state index in [0.29, 0.717) is 19.6 Å². The van der Waals surface area contributed by atoms with E-state index in [1.807, 2.05) is 0 Å². The van der Waals surface area contributed by atoms with Gasteiger partial charge in [0.25, 0.3) is 0 Å². The van der Waals surface area contributed by atoms with Gasteiger partial charge < -0.3 is 19.3 Å². The maximum atomic E-state index is 10.5. The molecule has 0 radical (unpaired) electrons. The fourth-order valence-electron chi connectivity index (χ4n) is 0.771. The molecule has 1 N–H and O–H groups in total. The summed E-state index contributed by atoms with van der Waals surface area (Å²) in [6.45, 7) is 1.01. The molecule has 0 fully saturated rings. The molecule has 0 aliphatic rings. The minimum absolute atomic E-state index is 0.0717. The molecule has 0 aliphatic carbocycles. The van der Waals surface area contributed by atoms with E-state index in [1.165, 1.54) is 7.11 Å². The van der Waals surface area contributed by atoms with E-state index >= 15 is 0 Å².